The van der Waals surface area contributed by atoms with E-state index < -0.39 is 0 Å². The zero-order valence-electron chi connectivity index (χ0n) is 16.4. The first-order valence-corrected chi connectivity index (χ1v) is 10.9. The van der Waals surface area contributed by atoms with E-state index in [1.807, 2.05) is 53.4 Å². The molecular weight excluding hydrogens is 394 g/mol. The van der Waals surface area contributed by atoms with Crippen molar-refractivity contribution >= 4 is 33.3 Å². The molecule has 150 valence electrons. The largest absolute Gasteiger partial charge is 0.322 e. The van der Waals surface area contributed by atoms with Crippen molar-refractivity contribution in [1.29, 1.82) is 0 Å². The van der Waals surface area contributed by atoms with Crippen molar-refractivity contribution in [1.82, 2.24) is 19.9 Å². The van der Waals surface area contributed by atoms with Gasteiger partial charge in [0, 0.05) is 12.1 Å². The third-order valence-corrected chi connectivity index (χ3v) is 6.43. The Morgan fingerprint density at radius 1 is 1.00 bits per heavy atom. The number of rotatable bonds is 3. The molecule has 1 aliphatic rings. The van der Waals surface area contributed by atoms with Crippen molar-refractivity contribution in [2.45, 2.75) is 25.3 Å². The summed E-state index contributed by atoms with van der Waals surface area (Å²) in [5, 5.41) is 3.96. The van der Waals surface area contributed by atoms with E-state index in [4.69, 9.17) is 4.98 Å². The molecule has 3 heterocycles. The number of anilines is 1. The van der Waals surface area contributed by atoms with Crippen LogP contribution < -0.4 is 5.32 Å². The van der Waals surface area contributed by atoms with Gasteiger partial charge in [0.1, 0.15) is 5.01 Å². The molecule has 1 fully saturated rings. The van der Waals surface area contributed by atoms with Crippen molar-refractivity contribution < 1.29 is 4.79 Å². The van der Waals surface area contributed by atoms with Gasteiger partial charge < -0.3 is 10.2 Å². The van der Waals surface area contributed by atoms with Gasteiger partial charge in [-0.1, -0.05) is 42.5 Å². The quantitative estimate of drug-likeness (QED) is 0.479. The van der Waals surface area contributed by atoms with Crippen molar-refractivity contribution in [3.05, 3.63) is 72.0 Å². The summed E-state index contributed by atoms with van der Waals surface area (Å²) in [6.45, 7) is 0.718. The molecule has 1 aliphatic heterocycles. The van der Waals surface area contributed by atoms with E-state index in [0.717, 1.165) is 46.6 Å². The number of fused-ring (bicyclic) bond motifs is 1. The number of carbonyl (C=O) groups is 1. The third-order valence-electron chi connectivity index (χ3n) is 5.29. The summed E-state index contributed by atoms with van der Waals surface area (Å²) in [6, 6.07) is 17.8. The van der Waals surface area contributed by atoms with Crippen molar-refractivity contribution in [2.24, 2.45) is 0 Å². The molecule has 0 spiro atoms. The Balaban J connectivity index is 1.34. The van der Waals surface area contributed by atoms with Crippen LogP contribution in [0.2, 0.25) is 0 Å². The van der Waals surface area contributed by atoms with Gasteiger partial charge in [-0.25, -0.2) is 19.7 Å². The van der Waals surface area contributed by atoms with Gasteiger partial charge in [0.05, 0.1) is 34.3 Å². The molecule has 2 aromatic carbocycles. The number of nitrogens with zero attached hydrogens (tertiary/aromatic N) is 4. The second kappa shape index (κ2) is 8.20. The SMILES string of the molecule is O=C(Nc1cnc(-c2ccccc2)nc1)N1CCCCC1c1nc2ccccc2s1. The summed E-state index contributed by atoms with van der Waals surface area (Å²) < 4.78 is 1.16. The Labute approximate surface area is 178 Å². The maximum absolute atomic E-state index is 13.1. The predicted octanol–water partition coefficient (Wildman–Crippen LogP) is 5.51. The van der Waals surface area contributed by atoms with Crippen LogP contribution in [0.5, 0.6) is 0 Å². The van der Waals surface area contributed by atoms with E-state index >= 15 is 0 Å². The van der Waals surface area contributed by atoms with Crippen molar-refractivity contribution in [3.8, 4) is 11.4 Å². The Hall–Kier alpha value is -3.32. The number of nitrogens with one attached hydrogen (secondary N) is 1. The van der Waals surface area contributed by atoms with Crippen LogP contribution in [0.1, 0.15) is 30.3 Å². The van der Waals surface area contributed by atoms with Gasteiger partial charge in [-0.15, -0.1) is 11.3 Å². The van der Waals surface area contributed by atoms with Gasteiger partial charge in [-0.2, -0.15) is 0 Å². The van der Waals surface area contributed by atoms with E-state index in [0.29, 0.717) is 11.5 Å². The lowest BCUT2D eigenvalue weighted by Crippen LogP contribution is -2.41. The first kappa shape index (κ1) is 18.7. The Morgan fingerprint density at radius 3 is 2.57 bits per heavy atom. The zero-order valence-corrected chi connectivity index (χ0v) is 17.2. The van der Waals surface area contributed by atoms with Crippen LogP contribution in [0.3, 0.4) is 0 Å². The molecule has 0 saturated carbocycles. The molecule has 5 rings (SSSR count). The van der Waals surface area contributed by atoms with E-state index in [9.17, 15) is 4.79 Å². The maximum atomic E-state index is 13.1. The highest BCUT2D eigenvalue weighted by Gasteiger charge is 2.30. The number of thiazole rings is 1. The van der Waals surface area contributed by atoms with Gasteiger partial charge in [-0.05, 0) is 31.4 Å². The molecule has 6 nitrogen and oxygen atoms in total. The smallest absolute Gasteiger partial charge is 0.315 e. The third kappa shape index (κ3) is 3.76. The zero-order chi connectivity index (χ0) is 20.3. The minimum atomic E-state index is -0.130. The van der Waals surface area contributed by atoms with Crippen LogP contribution in [0, 0.1) is 0 Å². The number of urea groups is 1. The Morgan fingerprint density at radius 2 is 1.77 bits per heavy atom. The average Bonchev–Trinajstić information content (AvgIpc) is 3.24. The second-order valence-electron chi connectivity index (χ2n) is 7.32. The van der Waals surface area contributed by atoms with Crippen LogP contribution in [0.15, 0.2) is 67.0 Å². The lowest BCUT2D eigenvalue weighted by Gasteiger charge is -2.34. The minimum Gasteiger partial charge on any atom is -0.315 e. The molecule has 0 radical (unpaired) electrons. The molecule has 1 atom stereocenters. The summed E-state index contributed by atoms with van der Waals surface area (Å²) >= 11 is 1.67. The van der Waals surface area contributed by atoms with Crippen molar-refractivity contribution in [3.63, 3.8) is 0 Å². The lowest BCUT2D eigenvalue weighted by atomic mass is 10.0. The number of piperidine rings is 1. The van der Waals surface area contributed by atoms with Gasteiger partial charge >= 0.3 is 6.03 Å². The Kier molecular flexibility index (Phi) is 5.11. The van der Waals surface area contributed by atoms with Crippen LogP contribution in [0.25, 0.3) is 21.6 Å². The molecule has 2 aromatic heterocycles. The monoisotopic (exact) mass is 415 g/mol. The van der Waals surface area contributed by atoms with E-state index in [1.165, 1.54) is 0 Å². The lowest BCUT2D eigenvalue weighted by molar-refractivity contribution is 0.163. The second-order valence-corrected chi connectivity index (χ2v) is 8.38. The predicted molar refractivity (Wildman–Crippen MR) is 119 cm³/mol. The highest BCUT2D eigenvalue weighted by atomic mass is 32.1. The van der Waals surface area contributed by atoms with E-state index in [1.54, 1.807) is 23.7 Å². The van der Waals surface area contributed by atoms with Gasteiger partial charge in [0.15, 0.2) is 5.82 Å². The molecule has 4 aromatic rings. The summed E-state index contributed by atoms with van der Waals surface area (Å²) in [5.41, 5.74) is 2.53. The molecule has 2 amide bonds. The normalized spacial score (nSPS) is 16.5. The highest BCUT2D eigenvalue weighted by molar-refractivity contribution is 7.18. The number of likely N-dealkylation sites (tertiary alicyclic amines) is 1. The molecule has 30 heavy (non-hydrogen) atoms. The van der Waals surface area contributed by atoms with Crippen molar-refractivity contribution in [2.75, 3.05) is 11.9 Å². The van der Waals surface area contributed by atoms with Gasteiger partial charge in [0.2, 0.25) is 0 Å². The number of hydrogen-bond donors (Lipinski definition) is 1. The van der Waals surface area contributed by atoms with Crippen LogP contribution in [0.4, 0.5) is 10.5 Å². The van der Waals surface area contributed by atoms with Crippen LogP contribution in [-0.2, 0) is 0 Å². The number of para-hydroxylation sites is 1. The number of carbonyl (C=O) groups excluding carboxylic acids is 1. The Bertz CT molecular complexity index is 1130. The topological polar surface area (TPSA) is 71.0 Å². The van der Waals surface area contributed by atoms with Gasteiger partial charge in [0.25, 0.3) is 0 Å². The van der Waals surface area contributed by atoms with E-state index in [-0.39, 0.29) is 12.1 Å². The fourth-order valence-electron chi connectivity index (χ4n) is 3.79. The maximum Gasteiger partial charge on any atom is 0.322 e. The fraction of sp³-hybridized carbons (Fsp3) is 0.217. The summed E-state index contributed by atoms with van der Waals surface area (Å²) in [7, 11) is 0. The van der Waals surface area contributed by atoms with Crippen LogP contribution >= 0.6 is 11.3 Å². The standard InChI is InChI=1S/C23H21N5OS/c29-23(26-17-14-24-21(25-15-17)16-8-2-1-3-9-16)28-13-7-6-11-19(28)22-27-18-10-4-5-12-20(18)30-22/h1-5,8-10,12,14-15,19H,6-7,11,13H2,(H,26,29). The first-order valence-electron chi connectivity index (χ1n) is 10.1. The molecule has 0 bridgehead atoms. The number of amides is 2. The molecule has 7 heteroatoms. The first-order chi connectivity index (χ1) is 14.8. The number of benzene rings is 2. The average molecular weight is 416 g/mol. The van der Waals surface area contributed by atoms with E-state index in [2.05, 4.69) is 21.4 Å². The van der Waals surface area contributed by atoms with Crippen LogP contribution in [-0.4, -0.2) is 32.4 Å². The number of aromatic nitrogens is 3. The minimum absolute atomic E-state index is 0.000611. The van der Waals surface area contributed by atoms with Gasteiger partial charge in [-0.3, -0.25) is 0 Å². The molecular formula is C23H21N5OS. The summed E-state index contributed by atoms with van der Waals surface area (Å²) in [4.78, 5) is 28.5. The summed E-state index contributed by atoms with van der Waals surface area (Å²) in [5.74, 6) is 0.638. The summed E-state index contributed by atoms with van der Waals surface area (Å²) in [6.07, 6.45) is 6.34. The fourth-order valence-corrected chi connectivity index (χ4v) is 4.90. The molecule has 1 N–H and O–H groups in total. The highest BCUT2D eigenvalue weighted by Crippen LogP contribution is 2.35. The molecule has 0 aliphatic carbocycles. The molecule has 1 saturated heterocycles. The molecule has 1 unspecified atom stereocenters. The number of hydrogen-bond acceptors (Lipinski definition) is 5.